The van der Waals surface area contributed by atoms with E-state index >= 15 is 0 Å². The second kappa shape index (κ2) is 5.07. The van der Waals surface area contributed by atoms with Gasteiger partial charge in [0.05, 0.1) is 17.2 Å². The van der Waals surface area contributed by atoms with E-state index in [1.165, 1.54) is 6.26 Å². The maximum atomic E-state index is 12.4. The van der Waals surface area contributed by atoms with Gasteiger partial charge in [-0.2, -0.15) is 0 Å². The van der Waals surface area contributed by atoms with Gasteiger partial charge in [-0.05, 0) is 25.8 Å². The first-order chi connectivity index (χ1) is 8.98. The zero-order valence-electron chi connectivity index (χ0n) is 11.3. The molecule has 5 heteroatoms. The quantitative estimate of drug-likeness (QED) is 0.905. The highest BCUT2D eigenvalue weighted by atomic mass is 16.4. The van der Waals surface area contributed by atoms with E-state index in [1.807, 2.05) is 6.92 Å². The van der Waals surface area contributed by atoms with Gasteiger partial charge < -0.3 is 14.4 Å². The Bertz CT molecular complexity index is 493. The second-order valence-electron chi connectivity index (χ2n) is 5.35. The number of furan rings is 1. The lowest BCUT2D eigenvalue weighted by molar-refractivity contribution is -0.147. The number of carbonyl (C=O) groups excluding carboxylic acids is 1. The maximum Gasteiger partial charge on any atom is 0.311 e. The van der Waals surface area contributed by atoms with Crippen molar-refractivity contribution in [3.05, 3.63) is 23.7 Å². The zero-order valence-corrected chi connectivity index (χ0v) is 11.3. The number of carbonyl (C=O) groups is 2. The van der Waals surface area contributed by atoms with Crippen LogP contribution >= 0.6 is 0 Å². The van der Waals surface area contributed by atoms with Crippen LogP contribution in [0.3, 0.4) is 0 Å². The molecule has 104 valence electrons. The lowest BCUT2D eigenvalue weighted by Gasteiger charge is -2.20. The second-order valence-corrected chi connectivity index (χ2v) is 5.35. The first-order valence-corrected chi connectivity index (χ1v) is 6.57. The van der Waals surface area contributed by atoms with Gasteiger partial charge in [-0.3, -0.25) is 9.59 Å². The molecule has 5 nitrogen and oxygen atoms in total. The van der Waals surface area contributed by atoms with Crippen molar-refractivity contribution in [1.82, 2.24) is 4.90 Å². The van der Waals surface area contributed by atoms with Crippen LogP contribution in [0.25, 0.3) is 0 Å². The van der Waals surface area contributed by atoms with Crippen LogP contribution in [0.5, 0.6) is 0 Å². The van der Waals surface area contributed by atoms with Crippen molar-refractivity contribution in [2.24, 2.45) is 5.41 Å². The monoisotopic (exact) mass is 265 g/mol. The fourth-order valence-corrected chi connectivity index (χ4v) is 2.43. The Morgan fingerprint density at radius 2 is 2.26 bits per heavy atom. The van der Waals surface area contributed by atoms with E-state index in [1.54, 1.807) is 17.9 Å². The summed E-state index contributed by atoms with van der Waals surface area (Å²) in [6.45, 7) is 4.45. The molecular formula is C14H19NO4. The van der Waals surface area contributed by atoms with Crippen LogP contribution in [0.2, 0.25) is 0 Å². The minimum atomic E-state index is -0.844. The van der Waals surface area contributed by atoms with E-state index < -0.39 is 11.4 Å². The van der Waals surface area contributed by atoms with Crippen molar-refractivity contribution in [3.8, 4) is 0 Å². The van der Waals surface area contributed by atoms with Crippen molar-refractivity contribution in [3.63, 3.8) is 0 Å². The summed E-state index contributed by atoms with van der Waals surface area (Å²) in [7, 11) is 0. The standard InChI is InChI=1S/C14H19NO4/c1-3-4-11-10(5-8-19-11)12(16)15-7-6-14(2,9-15)13(17)18/h5,8H,3-4,6-7,9H2,1-2H3,(H,17,18). The van der Waals surface area contributed by atoms with Crippen LogP contribution in [0.15, 0.2) is 16.7 Å². The number of likely N-dealkylation sites (tertiary alicyclic amines) is 1. The molecule has 0 radical (unpaired) electrons. The summed E-state index contributed by atoms with van der Waals surface area (Å²) >= 11 is 0. The Kier molecular flexibility index (Phi) is 3.64. The van der Waals surface area contributed by atoms with Gasteiger partial charge in [0.2, 0.25) is 0 Å². The van der Waals surface area contributed by atoms with Crippen molar-refractivity contribution in [1.29, 1.82) is 0 Å². The summed E-state index contributed by atoms with van der Waals surface area (Å²) in [6.07, 6.45) is 3.64. The topological polar surface area (TPSA) is 70.8 Å². The van der Waals surface area contributed by atoms with Gasteiger partial charge in [-0.1, -0.05) is 6.92 Å². The normalized spacial score (nSPS) is 22.7. The average molecular weight is 265 g/mol. The molecule has 1 aromatic heterocycles. The van der Waals surface area contributed by atoms with E-state index in [4.69, 9.17) is 4.42 Å². The lowest BCUT2D eigenvalue weighted by atomic mass is 9.90. The van der Waals surface area contributed by atoms with E-state index in [2.05, 4.69) is 0 Å². The predicted octanol–water partition coefficient (Wildman–Crippen LogP) is 2.17. The molecule has 0 aliphatic carbocycles. The third-order valence-electron chi connectivity index (χ3n) is 3.73. The number of nitrogens with zero attached hydrogens (tertiary/aromatic N) is 1. The van der Waals surface area contributed by atoms with Crippen LogP contribution in [0.1, 0.15) is 42.8 Å². The van der Waals surface area contributed by atoms with Gasteiger partial charge in [-0.15, -0.1) is 0 Å². The summed E-state index contributed by atoms with van der Waals surface area (Å²) in [4.78, 5) is 25.2. The molecule has 19 heavy (non-hydrogen) atoms. The number of aliphatic carboxylic acids is 1. The van der Waals surface area contributed by atoms with Gasteiger partial charge in [-0.25, -0.2) is 0 Å². The van der Waals surface area contributed by atoms with E-state index in [0.29, 0.717) is 24.3 Å². The van der Waals surface area contributed by atoms with Crippen molar-refractivity contribution in [2.45, 2.75) is 33.1 Å². The Morgan fingerprint density at radius 1 is 1.53 bits per heavy atom. The van der Waals surface area contributed by atoms with Gasteiger partial charge in [0.1, 0.15) is 5.76 Å². The highest BCUT2D eigenvalue weighted by Crippen LogP contribution is 2.31. The summed E-state index contributed by atoms with van der Waals surface area (Å²) in [5.41, 5.74) is -0.263. The fourth-order valence-electron chi connectivity index (χ4n) is 2.43. The van der Waals surface area contributed by atoms with Crippen molar-refractivity contribution in [2.75, 3.05) is 13.1 Å². The molecule has 0 bridgehead atoms. The number of amides is 1. The summed E-state index contributed by atoms with van der Waals surface area (Å²) < 4.78 is 5.32. The molecule has 1 N–H and O–H groups in total. The van der Waals surface area contributed by atoms with E-state index in [9.17, 15) is 14.7 Å². The highest BCUT2D eigenvalue weighted by Gasteiger charge is 2.42. The van der Waals surface area contributed by atoms with Gasteiger partial charge in [0, 0.05) is 19.5 Å². The van der Waals surface area contributed by atoms with Gasteiger partial charge >= 0.3 is 5.97 Å². The summed E-state index contributed by atoms with van der Waals surface area (Å²) in [5.74, 6) is -0.276. The molecule has 1 fully saturated rings. The SMILES string of the molecule is CCCc1occc1C(=O)N1CCC(C)(C(=O)O)C1. The molecule has 1 unspecified atom stereocenters. The van der Waals surface area contributed by atoms with Crippen LogP contribution in [0.4, 0.5) is 0 Å². The Hall–Kier alpha value is -1.78. The number of hydrogen-bond acceptors (Lipinski definition) is 3. The molecule has 1 saturated heterocycles. The third kappa shape index (κ3) is 2.50. The Morgan fingerprint density at radius 3 is 2.84 bits per heavy atom. The molecule has 2 heterocycles. The summed E-state index contributed by atoms with van der Waals surface area (Å²) in [6, 6.07) is 1.67. The molecule has 1 aliphatic heterocycles. The van der Waals surface area contributed by atoms with Crippen molar-refractivity contribution < 1.29 is 19.1 Å². The molecule has 0 aromatic carbocycles. The highest BCUT2D eigenvalue weighted by molar-refractivity contribution is 5.96. The van der Waals surface area contributed by atoms with Crippen LogP contribution in [0, 0.1) is 5.41 Å². The van der Waals surface area contributed by atoms with Crippen LogP contribution in [-0.4, -0.2) is 35.0 Å². The number of hydrogen-bond donors (Lipinski definition) is 1. The Labute approximate surface area is 112 Å². The molecule has 1 aromatic rings. The van der Waals surface area contributed by atoms with Crippen LogP contribution in [-0.2, 0) is 11.2 Å². The number of rotatable bonds is 4. The Balaban J connectivity index is 2.13. The van der Waals surface area contributed by atoms with E-state index in [0.717, 1.165) is 12.8 Å². The minimum Gasteiger partial charge on any atom is -0.481 e. The fraction of sp³-hybridized carbons (Fsp3) is 0.571. The molecular weight excluding hydrogens is 246 g/mol. The van der Waals surface area contributed by atoms with Crippen molar-refractivity contribution >= 4 is 11.9 Å². The lowest BCUT2D eigenvalue weighted by Crippen LogP contribution is -2.35. The molecule has 2 rings (SSSR count). The summed E-state index contributed by atoms with van der Waals surface area (Å²) in [5, 5.41) is 9.18. The molecule has 0 spiro atoms. The van der Waals surface area contributed by atoms with Gasteiger partial charge in [0.25, 0.3) is 5.91 Å². The minimum absolute atomic E-state index is 0.123. The smallest absolute Gasteiger partial charge is 0.311 e. The third-order valence-corrected chi connectivity index (χ3v) is 3.73. The average Bonchev–Trinajstić information content (AvgIpc) is 2.97. The maximum absolute atomic E-state index is 12.4. The van der Waals surface area contributed by atoms with E-state index in [-0.39, 0.29) is 12.5 Å². The van der Waals surface area contributed by atoms with Gasteiger partial charge in [0.15, 0.2) is 0 Å². The number of carboxylic acids is 1. The first-order valence-electron chi connectivity index (χ1n) is 6.57. The zero-order chi connectivity index (χ0) is 14.0. The number of aryl methyl sites for hydroxylation is 1. The predicted molar refractivity (Wildman–Crippen MR) is 69.0 cm³/mol. The largest absolute Gasteiger partial charge is 0.481 e. The first kappa shape index (κ1) is 13.6. The molecule has 1 amide bonds. The molecule has 1 atom stereocenters. The van der Waals surface area contributed by atoms with Crippen LogP contribution < -0.4 is 0 Å². The molecule has 0 saturated carbocycles. The molecule has 1 aliphatic rings. The number of carboxylic acid groups (broad SMARTS) is 1.